The number of amides is 2. The van der Waals surface area contributed by atoms with Crippen LogP contribution in [0.5, 0.6) is 0 Å². The first kappa shape index (κ1) is 22.0. The van der Waals surface area contributed by atoms with Gasteiger partial charge in [0.2, 0.25) is 11.8 Å². The second-order valence-electron chi connectivity index (χ2n) is 7.39. The van der Waals surface area contributed by atoms with Crippen molar-refractivity contribution in [3.05, 3.63) is 40.9 Å². The molecule has 1 saturated heterocycles. The first-order chi connectivity index (χ1) is 14.4. The third-order valence-electron chi connectivity index (χ3n) is 5.28. The predicted octanol–water partition coefficient (Wildman–Crippen LogP) is 3.75. The molecule has 30 heavy (non-hydrogen) atoms. The fourth-order valence-corrected chi connectivity index (χ4v) is 4.21. The molecule has 3 rings (SSSR count). The molecule has 1 aromatic heterocycles. The molecule has 7 nitrogen and oxygen atoms in total. The summed E-state index contributed by atoms with van der Waals surface area (Å²) in [4.78, 5) is 43.0. The number of nitrogens with zero attached hydrogens (tertiary/aromatic N) is 2. The number of carbonyl (C=O) groups is 3. The molecule has 1 aliphatic rings. The van der Waals surface area contributed by atoms with E-state index >= 15 is 0 Å². The molecule has 0 saturated carbocycles. The molecule has 2 amide bonds. The number of para-hydroxylation sites is 1. The number of benzene rings is 1. The highest BCUT2D eigenvalue weighted by Gasteiger charge is 2.36. The van der Waals surface area contributed by atoms with Gasteiger partial charge >= 0.3 is 5.97 Å². The number of ether oxygens (including phenoxy) is 1. The Balaban J connectivity index is 1.65. The van der Waals surface area contributed by atoms with E-state index in [1.54, 1.807) is 17.2 Å². The Morgan fingerprint density at radius 1 is 1.33 bits per heavy atom. The van der Waals surface area contributed by atoms with E-state index in [2.05, 4.69) is 24.1 Å². The van der Waals surface area contributed by atoms with Gasteiger partial charge < -0.3 is 15.0 Å². The molecule has 1 N–H and O–H groups in total. The molecule has 160 valence electrons. The molecule has 2 heterocycles. The predicted molar refractivity (Wildman–Crippen MR) is 117 cm³/mol. The second kappa shape index (κ2) is 9.84. The average Bonchev–Trinajstić information content (AvgIpc) is 3.33. The standard InChI is InChI=1S/C22H27N3O4S/c1-4-14(3)17-8-6-7-9-18(17)25-12-15(10-19(25)26)21(28)24-22-23-16(13-30-22)11-20(27)29-5-2/h6-9,13-15H,4-5,10-12H2,1-3H3,(H,23,24,28)/t14-,15-/m0/s1. The molecule has 2 aromatic rings. The van der Waals surface area contributed by atoms with Crippen molar-refractivity contribution in [2.45, 2.75) is 46.0 Å². The highest BCUT2D eigenvalue weighted by atomic mass is 32.1. The molecule has 0 unspecified atom stereocenters. The van der Waals surface area contributed by atoms with Gasteiger partial charge in [0.15, 0.2) is 5.13 Å². The molecule has 0 bridgehead atoms. The summed E-state index contributed by atoms with van der Waals surface area (Å²) in [5.74, 6) is -0.746. The summed E-state index contributed by atoms with van der Waals surface area (Å²) >= 11 is 1.25. The topological polar surface area (TPSA) is 88.6 Å². The van der Waals surface area contributed by atoms with E-state index in [0.29, 0.717) is 29.9 Å². The number of nitrogens with one attached hydrogen (secondary N) is 1. The van der Waals surface area contributed by atoms with E-state index in [1.807, 2.05) is 24.3 Å². The zero-order valence-electron chi connectivity index (χ0n) is 17.5. The SMILES string of the molecule is CCOC(=O)Cc1csc(NC(=O)[C@H]2CC(=O)N(c3ccccc3[C@@H](C)CC)C2)n1. The van der Waals surface area contributed by atoms with Crippen molar-refractivity contribution >= 4 is 39.9 Å². The number of hydrogen-bond donors (Lipinski definition) is 1. The van der Waals surface area contributed by atoms with Gasteiger partial charge in [-0.3, -0.25) is 14.4 Å². The third-order valence-corrected chi connectivity index (χ3v) is 6.09. The van der Waals surface area contributed by atoms with Crippen molar-refractivity contribution in [2.24, 2.45) is 5.92 Å². The molecule has 1 aliphatic heterocycles. The van der Waals surface area contributed by atoms with E-state index in [9.17, 15) is 14.4 Å². The van der Waals surface area contributed by atoms with Crippen molar-refractivity contribution in [2.75, 3.05) is 23.4 Å². The number of thiazole rings is 1. The minimum absolute atomic E-state index is 0.0481. The van der Waals surface area contributed by atoms with Crippen LogP contribution in [0.25, 0.3) is 0 Å². The Labute approximate surface area is 180 Å². The van der Waals surface area contributed by atoms with Crippen LogP contribution in [0.1, 0.15) is 50.8 Å². The van der Waals surface area contributed by atoms with Crippen molar-refractivity contribution in [1.82, 2.24) is 4.98 Å². The Morgan fingerprint density at radius 2 is 2.10 bits per heavy atom. The number of anilines is 2. The second-order valence-corrected chi connectivity index (χ2v) is 8.25. The Hall–Kier alpha value is -2.74. The quantitative estimate of drug-likeness (QED) is 0.646. The van der Waals surface area contributed by atoms with Crippen LogP contribution in [0.15, 0.2) is 29.6 Å². The smallest absolute Gasteiger partial charge is 0.311 e. The maximum absolute atomic E-state index is 12.7. The Bertz CT molecular complexity index is 927. The number of aromatic nitrogens is 1. The zero-order chi connectivity index (χ0) is 21.7. The number of esters is 1. The lowest BCUT2D eigenvalue weighted by Gasteiger charge is -2.23. The van der Waals surface area contributed by atoms with Gasteiger partial charge in [-0.2, -0.15) is 0 Å². The summed E-state index contributed by atoms with van der Waals surface area (Å²) in [7, 11) is 0. The van der Waals surface area contributed by atoms with Gasteiger partial charge in [0.25, 0.3) is 0 Å². The number of rotatable bonds is 8. The van der Waals surface area contributed by atoms with Crippen molar-refractivity contribution in [3.63, 3.8) is 0 Å². The van der Waals surface area contributed by atoms with Crippen LogP contribution >= 0.6 is 11.3 Å². The molecular weight excluding hydrogens is 402 g/mol. The van der Waals surface area contributed by atoms with Crippen LogP contribution in [-0.2, 0) is 25.5 Å². The van der Waals surface area contributed by atoms with Gasteiger partial charge in [0.1, 0.15) is 0 Å². The first-order valence-electron chi connectivity index (χ1n) is 10.2. The van der Waals surface area contributed by atoms with Crippen LogP contribution < -0.4 is 10.2 Å². The fourth-order valence-electron chi connectivity index (χ4n) is 3.50. The van der Waals surface area contributed by atoms with Crippen LogP contribution in [0.4, 0.5) is 10.8 Å². The van der Waals surface area contributed by atoms with E-state index in [-0.39, 0.29) is 30.6 Å². The van der Waals surface area contributed by atoms with Crippen LogP contribution in [0, 0.1) is 5.92 Å². The summed E-state index contributed by atoms with van der Waals surface area (Å²) in [5.41, 5.74) is 2.57. The van der Waals surface area contributed by atoms with E-state index in [4.69, 9.17) is 4.74 Å². The lowest BCUT2D eigenvalue weighted by Crippen LogP contribution is -2.29. The van der Waals surface area contributed by atoms with Gasteiger partial charge in [-0.25, -0.2) is 4.98 Å². The summed E-state index contributed by atoms with van der Waals surface area (Å²) in [6.45, 7) is 6.67. The Morgan fingerprint density at radius 3 is 2.83 bits per heavy atom. The first-order valence-corrected chi connectivity index (χ1v) is 11.1. The van der Waals surface area contributed by atoms with Gasteiger partial charge in [-0.05, 0) is 30.9 Å². The summed E-state index contributed by atoms with van der Waals surface area (Å²) in [6.07, 6.45) is 1.21. The lowest BCUT2D eigenvalue weighted by atomic mass is 9.96. The van der Waals surface area contributed by atoms with Crippen LogP contribution in [0.2, 0.25) is 0 Å². The number of hydrogen-bond acceptors (Lipinski definition) is 6. The fraction of sp³-hybridized carbons (Fsp3) is 0.455. The van der Waals surface area contributed by atoms with Crippen LogP contribution in [0.3, 0.4) is 0 Å². The van der Waals surface area contributed by atoms with Crippen molar-refractivity contribution < 1.29 is 19.1 Å². The summed E-state index contributed by atoms with van der Waals surface area (Å²) in [6, 6.07) is 7.89. The Kier molecular flexibility index (Phi) is 7.20. The molecule has 1 fully saturated rings. The van der Waals surface area contributed by atoms with E-state index in [1.165, 1.54) is 11.3 Å². The molecule has 8 heteroatoms. The van der Waals surface area contributed by atoms with Gasteiger partial charge in [-0.1, -0.05) is 32.0 Å². The highest BCUT2D eigenvalue weighted by Crippen LogP contribution is 2.33. The lowest BCUT2D eigenvalue weighted by molar-refractivity contribution is -0.142. The van der Waals surface area contributed by atoms with Gasteiger partial charge in [0, 0.05) is 24.0 Å². The van der Waals surface area contributed by atoms with Crippen molar-refractivity contribution in [3.8, 4) is 0 Å². The zero-order valence-corrected chi connectivity index (χ0v) is 18.3. The maximum atomic E-state index is 12.7. The minimum Gasteiger partial charge on any atom is -0.466 e. The largest absolute Gasteiger partial charge is 0.466 e. The molecule has 0 aliphatic carbocycles. The van der Waals surface area contributed by atoms with Gasteiger partial charge in [0.05, 0.1) is 24.6 Å². The summed E-state index contributed by atoms with van der Waals surface area (Å²) < 4.78 is 4.91. The third kappa shape index (κ3) is 5.05. The monoisotopic (exact) mass is 429 g/mol. The van der Waals surface area contributed by atoms with E-state index < -0.39 is 5.92 Å². The molecule has 0 radical (unpaired) electrons. The molecule has 0 spiro atoms. The van der Waals surface area contributed by atoms with Crippen LogP contribution in [-0.4, -0.2) is 35.9 Å². The highest BCUT2D eigenvalue weighted by molar-refractivity contribution is 7.13. The average molecular weight is 430 g/mol. The maximum Gasteiger partial charge on any atom is 0.311 e. The minimum atomic E-state index is -0.445. The normalized spacial score (nSPS) is 17.1. The van der Waals surface area contributed by atoms with E-state index in [0.717, 1.165) is 17.7 Å². The molecule has 2 atom stereocenters. The molecule has 1 aromatic carbocycles. The number of carbonyl (C=O) groups excluding carboxylic acids is 3. The molecular formula is C22H27N3O4S. The summed E-state index contributed by atoms with van der Waals surface area (Å²) in [5, 5.41) is 4.93. The van der Waals surface area contributed by atoms with Gasteiger partial charge in [-0.15, -0.1) is 11.3 Å². The van der Waals surface area contributed by atoms with Crippen molar-refractivity contribution in [1.29, 1.82) is 0 Å².